The Morgan fingerprint density at radius 3 is 2.52 bits per heavy atom. The van der Waals surface area contributed by atoms with Crippen molar-refractivity contribution < 1.29 is 18.6 Å². The normalized spacial score (nSPS) is 20.8. The Bertz CT molecular complexity index is 1230. The van der Waals surface area contributed by atoms with Crippen LogP contribution in [0, 0.1) is 17.8 Å². The molecule has 2 aromatic heterocycles. The van der Waals surface area contributed by atoms with Gasteiger partial charge in [0.05, 0.1) is 24.2 Å². The number of hydrogen-bond acceptors (Lipinski definition) is 8. The molecule has 0 amide bonds. The third-order valence-electron chi connectivity index (χ3n) is 8.36. The summed E-state index contributed by atoms with van der Waals surface area (Å²) < 4.78 is 35.1. The third kappa shape index (κ3) is 6.87. The molecule has 1 saturated carbocycles. The first-order chi connectivity index (χ1) is 19.6. The zero-order valence-corrected chi connectivity index (χ0v) is 23.0. The van der Waals surface area contributed by atoms with E-state index in [1.54, 1.807) is 24.3 Å². The Hall–Kier alpha value is -2.89. The molecule has 1 atom stereocenters. The van der Waals surface area contributed by atoms with Gasteiger partial charge in [0.2, 0.25) is 5.95 Å². The van der Waals surface area contributed by atoms with Crippen LogP contribution in [-0.2, 0) is 4.74 Å². The number of para-hydroxylation sites is 2. The fourth-order valence-electron chi connectivity index (χ4n) is 5.91. The van der Waals surface area contributed by atoms with Crippen LogP contribution in [-0.4, -0.2) is 70.6 Å². The van der Waals surface area contributed by atoms with Crippen LogP contribution >= 0.6 is 0 Å². The Kier molecular flexibility index (Phi) is 9.77. The van der Waals surface area contributed by atoms with Crippen molar-refractivity contribution in [3.63, 3.8) is 0 Å². The molecule has 1 aliphatic heterocycles. The van der Waals surface area contributed by atoms with Crippen LogP contribution in [0.1, 0.15) is 57.2 Å². The average Bonchev–Trinajstić information content (AvgIpc) is 3.40. The Balaban J connectivity index is 1.32. The lowest BCUT2D eigenvalue weighted by atomic mass is 9.80. The number of morpholine rings is 1. The highest BCUT2D eigenvalue weighted by Crippen LogP contribution is 2.32. The number of nitrogens with zero attached hydrogens (tertiary/aromatic N) is 5. The molecule has 2 aliphatic rings. The van der Waals surface area contributed by atoms with Crippen molar-refractivity contribution in [2.75, 3.05) is 56.2 Å². The number of halogens is 2. The van der Waals surface area contributed by atoms with Gasteiger partial charge in [0.1, 0.15) is 11.6 Å². The fourth-order valence-corrected chi connectivity index (χ4v) is 5.91. The van der Waals surface area contributed by atoms with Gasteiger partial charge in [0.15, 0.2) is 5.82 Å². The summed E-state index contributed by atoms with van der Waals surface area (Å²) in [6, 6.07) is 8.82. The molecule has 3 aromatic rings. The maximum atomic E-state index is 14.1. The highest BCUT2D eigenvalue weighted by Gasteiger charge is 2.24. The van der Waals surface area contributed by atoms with Gasteiger partial charge in [-0.05, 0) is 55.7 Å². The molecule has 1 aromatic carbocycles. The zero-order chi connectivity index (χ0) is 27.9. The minimum atomic E-state index is -2.76. The summed E-state index contributed by atoms with van der Waals surface area (Å²) in [5.41, 5.74) is 7.21. The van der Waals surface area contributed by atoms with E-state index >= 15 is 0 Å². The molecule has 9 nitrogen and oxygen atoms in total. The maximum Gasteiger partial charge on any atom is 0.296 e. The molecule has 2 fully saturated rings. The van der Waals surface area contributed by atoms with E-state index in [0.717, 1.165) is 31.6 Å². The SMILES string of the molecule is NC[C@H](CCCC1CCC(CO)CC1)CNc1cc(-n2c(C(F)F)nc3ccccc32)nc(N2CCOCC2)n1. The molecule has 11 heteroatoms. The summed E-state index contributed by atoms with van der Waals surface area (Å²) >= 11 is 0. The molecule has 0 bridgehead atoms. The molecule has 3 heterocycles. The topological polar surface area (TPSA) is 114 Å². The van der Waals surface area contributed by atoms with E-state index in [0.29, 0.717) is 80.5 Å². The number of alkyl halides is 2. The van der Waals surface area contributed by atoms with Crippen molar-refractivity contribution in [3.05, 3.63) is 36.2 Å². The number of imidazole rings is 1. The van der Waals surface area contributed by atoms with Gasteiger partial charge < -0.3 is 25.8 Å². The second-order valence-electron chi connectivity index (χ2n) is 11.1. The van der Waals surface area contributed by atoms with Gasteiger partial charge in [-0.25, -0.2) is 13.8 Å². The standard InChI is InChI=1S/C29H41F2N7O2/c30-27(31)28-34-23-6-1-2-7-24(23)38(28)26-16-25(35-29(36-26)37-12-14-40-15-13-37)33-18-22(17-32)5-3-4-20-8-10-21(19-39)11-9-20/h1-2,6-7,16,20-22,27,39H,3-5,8-15,17-19,32H2,(H,33,35,36)/t20?,21?,22-/m0/s1. The van der Waals surface area contributed by atoms with Crippen LogP contribution in [0.2, 0.25) is 0 Å². The van der Waals surface area contributed by atoms with Crippen LogP contribution < -0.4 is 16.0 Å². The number of aromatic nitrogens is 4. The predicted octanol–water partition coefficient (Wildman–Crippen LogP) is 4.55. The van der Waals surface area contributed by atoms with Gasteiger partial charge >= 0.3 is 0 Å². The smallest absolute Gasteiger partial charge is 0.296 e. The van der Waals surface area contributed by atoms with Crippen LogP contribution in [0.4, 0.5) is 20.5 Å². The second-order valence-corrected chi connectivity index (χ2v) is 11.1. The van der Waals surface area contributed by atoms with E-state index in [1.165, 1.54) is 23.8 Å². The minimum Gasteiger partial charge on any atom is -0.396 e. The second kappa shape index (κ2) is 13.6. The summed E-state index contributed by atoms with van der Waals surface area (Å²) in [6.45, 7) is 3.88. The molecule has 4 N–H and O–H groups in total. The number of hydrogen-bond donors (Lipinski definition) is 3. The molecule has 0 radical (unpaired) electrons. The van der Waals surface area contributed by atoms with Crippen molar-refractivity contribution in [3.8, 4) is 5.82 Å². The summed E-state index contributed by atoms with van der Waals surface area (Å²) in [7, 11) is 0. The fraction of sp³-hybridized carbons (Fsp3) is 0.621. The van der Waals surface area contributed by atoms with Crippen molar-refractivity contribution in [1.29, 1.82) is 0 Å². The summed E-state index contributed by atoms with van der Waals surface area (Å²) in [5, 5.41) is 12.8. The van der Waals surface area contributed by atoms with Gasteiger partial charge in [-0.2, -0.15) is 9.97 Å². The van der Waals surface area contributed by atoms with Gasteiger partial charge in [-0.3, -0.25) is 4.57 Å². The number of benzene rings is 1. The molecule has 0 spiro atoms. The number of rotatable bonds is 12. The van der Waals surface area contributed by atoms with E-state index < -0.39 is 6.43 Å². The molecular formula is C29H41F2N7O2. The number of aliphatic hydroxyl groups excluding tert-OH is 1. The average molecular weight is 558 g/mol. The minimum absolute atomic E-state index is 0.268. The third-order valence-corrected chi connectivity index (χ3v) is 8.36. The molecular weight excluding hydrogens is 516 g/mol. The van der Waals surface area contributed by atoms with E-state index in [1.807, 2.05) is 11.0 Å². The monoisotopic (exact) mass is 557 g/mol. The maximum absolute atomic E-state index is 14.1. The van der Waals surface area contributed by atoms with Gasteiger partial charge in [-0.15, -0.1) is 0 Å². The highest BCUT2D eigenvalue weighted by molar-refractivity contribution is 5.78. The molecule has 1 saturated heterocycles. The van der Waals surface area contributed by atoms with Crippen molar-refractivity contribution in [1.82, 2.24) is 19.5 Å². The first-order valence-electron chi connectivity index (χ1n) is 14.6. The van der Waals surface area contributed by atoms with Crippen LogP contribution in [0.25, 0.3) is 16.9 Å². The molecule has 5 rings (SSSR count). The molecule has 1 aliphatic carbocycles. The quantitative estimate of drug-likeness (QED) is 0.297. The summed E-state index contributed by atoms with van der Waals surface area (Å²) in [6.07, 6.45) is 5.23. The number of aliphatic hydroxyl groups is 1. The number of fused-ring (bicyclic) bond motifs is 1. The lowest BCUT2D eigenvalue weighted by molar-refractivity contribution is 0.122. The van der Waals surface area contributed by atoms with E-state index in [4.69, 9.17) is 20.4 Å². The largest absolute Gasteiger partial charge is 0.396 e. The summed E-state index contributed by atoms with van der Waals surface area (Å²) in [5.74, 6) is 2.55. The van der Waals surface area contributed by atoms with E-state index in [-0.39, 0.29) is 11.7 Å². The number of nitrogens with one attached hydrogen (secondary N) is 1. The number of nitrogens with two attached hydrogens (primary N) is 1. The first-order valence-corrected chi connectivity index (χ1v) is 14.6. The Morgan fingerprint density at radius 1 is 1.05 bits per heavy atom. The van der Waals surface area contributed by atoms with Crippen molar-refractivity contribution in [2.45, 2.75) is 51.4 Å². The van der Waals surface area contributed by atoms with Crippen LogP contribution in [0.5, 0.6) is 0 Å². The van der Waals surface area contributed by atoms with E-state index in [9.17, 15) is 13.9 Å². The van der Waals surface area contributed by atoms with Crippen molar-refractivity contribution in [2.24, 2.45) is 23.5 Å². The lowest BCUT2D eigenvalue weighted by Gasteiger charge is -2.28. The predicted molar refractivity (Wildman–Crippen MR) is 152 cm³/mol. The van der Waals surface area contributed by atoms with Crippen LogP contribution in [0.15, 0.2) is 30.3 Å². The Morgan fingerprint density at radius 2 is 1.80 bits per heavy atom. The first kappa shape index (κ1) is 28.6. The highest BCUT2D eigenvalue weighted by atomic mass is 19.3. The van der Waals surface area contributed by atoms with E-state index in [2.05, 4.69) is 10.3 Å². The summed E-state index contributed by atoms with van der Waals surface area (Å²) in [4.78, 5) is 15.7. The number of anilines is 2. The zero-order valence-electron chi connectivity index (χ0n) is 23.0. The molecule has 218 valence electrons. The van der Waals surface area contributed by atoms with Gasteiger partial charge in [-0.1, -0.05) is 37.8 Å². The number of ether oxygens (including phenoxy) is 1. The van der Waals surface area contributed by atoms with Gasteiger partial charge in [0, 0.05) is 32.3 Å². The van der Waals surface area contributed by atoms with Crippen LogP contribution in [0.3, 0.4) is 0 Å². The Labute approximate surface area is 234 Å². The molecule has 0 unspecified atom stereocenters. The lowest BCUT2D eigenvalue weighted by Crippen LogP contribution is -2.37. The van der Waals surface area contributed by atoms with Gasteiger partial charge in [0.25, 0.3) is 6.43 Å². The van der Waals surface area contributed by atoms with Crippen molar-refractivity contribution >= 4 is 22.8 Å². The molecule has 40 heavy (non-hydrogen) atoms.